The number of rotatable bonds is 3. The molecule has 1 atom stereocenters. The van der Waals surface area contributed by atoms with Gasteiger partial charge >= 0.3 is 5.97 Å². The van der Waals surface area contributed by atoms with Gasteiger partial charge in [-0.1, -0.05) is 17.7 Å². The third-order valence-electron chi connectivity index (χ3n) is 4.23. The average Bonchev–Trinajstić information content (AvgIpc) is 3.18. The highest BCUT2D eigenvalue weighted by molar-refractivity contribution is 6.31. The average molecular weight is 357 g/mol. The van der Waals surface area contributed by atoms with Gasteiger partial charge in [-0.25, -0.2) is 4.98 Å². The maximum atomic E-state index is 12.1. The van der Waals surface area contributed by atoms with Gasteiger partial charge in [-0.15, -0.1) is 0 Å². The Morgan fingerprint density at radius 1 is 1.28 bits per heavy atom. The van der Waals surface area contributed by atoms with Crippen LogP contribution in [0, 0.1) is 5.92 Å². The highest BCUT2D eigenvalue weighted by Gasteiger charge is 2.35. The van der Waals surface area contributed by atoms with Gasteiger partial charge in [0.25, 0.3) is 0 Å². The predicted molar refractivity (Wildman–Crippen MR) is 92.6 cm³/mol. The van der Waals surface area contributed by atoms with E-state index in [4.69, 9.17) is 21.1 Å². The minimum absolute atomic E-state index is 0.0148. The zero-order valence-electron chi connectivity index (χ0n) is 13.0. The number of aliphatic carboxylic acids is 1. The fourth-order valence-electron chi connectivity index (χ4n) is 2.95. The molecule has 3 aromatic rings. The summed E-state index contributed by atoms with van der Waals surface area (Å²) in [5.41, 5.74) is 2.60. The Hall–Kier alpha value is -2.86. The van der Waals surface area contributed by atoms with E-state index in [1.54, 1.807) is 36.4 Å². The Balaban J connectivity index is 1.69. The van der Waals surface area contributed by atoms with Crippen LogP contribution in [-0.4, -0.2) is 28.5 Å². The Morgan fingerprint density at radius 3 is 2.88 bits per heavy atom. The number of aromatic nitrogens is 1. The molecule has 0 saturated carbocycles. The van der Waals surface area contributed by atoms with Crippen molar-refractivity contribution in [1.82, 2.24) is 4.98 Å². The second-order valence-electron chi connectivity index (χ2n) is 5.93. The summed E-state index contributed by atoms with van der Waals surface area (Å²) in [4.78, 5) is 29.2. The number of nitrogens with zero attached hydrogens (tertiary/aromatic N) is 2. The van der Waals surface area contributed by atoms with Crippen molar-refractivity contribution in [1.29, 1.82) is 0 Å². The summed E-state index contributed by atoms with van der Waals surface area (Å²) in [5, 5.41) is 9.69. The van der Waals surface area contributed by atoms with E-state index in [9.17, 15) is 9.59 Å². The van der Waals surface area contributed by atoms with Crippen molar-refractivity contribution in [3.05, 3.63) is 47.5 Å². The molecule has 2 aromatic carbocycles. The topological polar surface area (TPSA) is 83.6 Å². The zero-order valence-corrected chi connectivity index (χ0v) is 13.7. The van der Waals surface area contributed by atoms with Crippen LogP contribution in [0.1, 0.15) is 6.42 Å². The molecule has 1 aromatic heterocycles. The summed E-state index contributed by atoms with van der Waals surface area (Å²) in [5.74, 6) is -1.42. The molecule has 0 aliphatic carbocycles. The molecule has 0 radical (unpaired) electrons. The van der Waals surface area contributed by atoms with Crippen LogP contribution in [0.5, 0.6) is 0 Å². The Kier molecular flexibility index (Phi) is 3.69. The molecule has 6 nitrogen and oxygen atoms in total. The number of carbonyl (C=O) groups excluding carboxylic acids is 1. The van der Waals surface area contributed by atoms with Crippen molar-refractivity contribution >= 4 is 40.3 Å². The van der Waals surface area contributed by atoms with Gasteiger partial charge in [0.15, 0.2) is 5.58 Å². The third kappa shape index (κ3) is 2.85. The van der Waals surface area contributed by atoms with Gasteiger partial charge in [0, 0.05) is 29.2 Å². The largest absolute Gasteiger partial charge is 0.481 e. The number of carboxylic acid groups (broad SMARTS) is 1. The van der Waals surface area contributed by atoms with Crippen LogP contribution in [0.3, 0.4) is 0 Å². The second-order valence-corrected chi connectivity index (χ2v) is 6.36. The van der Waals surface area contributed by atoms with Crippen molar-refractivity contribution in [2.75, 3.05) is 11.4 Å². The number of carboxylic acids is 1. The molecule has 1 saturated heterocycles. The van der Waals surface area contributed by atoms with Crippen molar-refractivity contribution in [2.45, 2.75) is 6.42 Å². The van der Waals surface area contributed by atoms with Crippen LogP contribution < -0.4 is 4.90 Å². The first-order valence-corrected chi connectivity index (χ1v) is 8.09. The minimum atomic E-state index is -0.956. The van der Waals surface area contributed by atoms with Crippen molar-refractivity contribution in [2.24, 2.45) is 5.92 Å². The van der Waals surface area contributed by atoms with Crippen LogP contribution in [0.15, 0.2) is 46.9 Å². The fraction of sp³-hybridized carbons (Fsp3) is 0.167. The monoisotopic (exact) mass is 356 g/mol. The highest BCUT2D eigenvalue weighted by atomic mass is 35.5. The van der Waals surface area contributed by atoms with Crippen LogP contribution in [0.25, 0.3) is 22.6 Å². The first-order chi connectivity index (χ1) is 12.0. The lowest BCUT2D eigenvalue weighted by molar-refractivity contribution is -0.141. The molecule has 1 aliphatic rings. The van der Waals surface area contributed by atoms with E-state index in [2.05, 4.69) is 4.98 Å². The van der Waals surface area contributed by atoms with Gasteiger partial charge in [0.1, 0.15) is 5.52 Å². The molecule has 1 N–H and O–H groups in total. The molecule has 1 fully saturated rings. The normalized spacial score (nSPS) is 17.4. The van der Waals surface area contributed by atoms with E-state index >= 15 is 0 Å². The molecule has 7 heteroatoms. The molecule has 0 unspecified atom stereocenters. The summed E-state index contributed by atoms with van der Waals surface area (Å²) in [6.07, 6.45) is 0.0148. The number of carbonyl (C=O) groups is 2. The molecule has 126 valence electrons. The van der Waals surface area contributed by atoms with E-state index in [0.29, 0.717) is 33.3 Å². The van der Waals surface area contributed by atoms with Crippen molar-refractivity contribution < 1.29 is 19.1 Å². The lowest BCUT2D eigenvalue weighted by Gasteiger charge is -2.16. The second kappa shape index (κ2) is 5.89. The Morgan fingerprint density at radius 2 is 2.12 bits per heavy atom. The number of fused-ring (bicyclic) bond motifs is 1. The molecule has 1 amide bonds. The summed E-state index contributed by atoms with van der Waals surface area (Å²) in [6, 6.07) is 12.3. The first-order valence-electron chi connectivity index (χ1n) is 7.71. The molecule has 4 rings (SSSR count). The number of hydrogen-bond acceptors (Lipinski definition) is 4. The smallest absolute Gasteiger partial charge is 0.308 e. The van der Waals surface area contributed by atoms with Gasteiger partial charge in [-0.2, -0.15) is 0 Å². The summed E-state index contributed by atoms with van der Waals surface area (Å²) in [7, 11) is 0. The zero-order chi connectivity index (χ0) is 17.6. The standard InChI is InChI=1S/C18H13ClN2O4/c19-12-4-5-15-14(8-12)20-17(25-15)10-2-1-3-13(6-10)21-9-11(18(23)24)7-16(21)22/h1-6,8,11H,7,9H2,(H,23,24)/t11-/m0/s1. The molecule has 1 aliphatic heterocycles. The number of hydrogen-bond donors (Lipinski definition) is 1. The van der Waals surface area contributed by atoms with Crippen LogP contribution in [-0.2, 0) is 9.59 Å². The number of anilines is 1. The van der Waals surface area contributed by atoms with E-state index in [1.807, 2.05) is 6.07 Å². The molecular weight excluding hydrogens is 344 g/mol. The number of oxazole rings is 1. The summed E-state index contributed by atoms with van der Waals surface area (Å²) < 4.78 is 5.75. The number of amides is 1. The lowest BCUT2D eigenvalue weighted by Crippen LogP contribution is -2.25. The van der Waals surface area contributed by atoms with Crippen molar-refractivity contribution in [3.63, 3.8) is 0 Å². The maximum Gasteiger partial charge on any atom is 0.308 e. The first kappa shape index (κ1) is 15.7. The Bertz CT molecular complexity index is 998. The lowest BCUT2D eigenvalue weighted by atomic mass is 10.1. The summed E-state index contributed by atoms with van der Waals surface area (Å²) >= 11 is 5.97. The van der Waals surface area contributed by atoms with E-state index < -0.39 is 11.9 Å². The molecular formula is C18H13ClN2O4. The molecule has 2 heterocycles. The van der Waals surface area contributed by atoms with Gasteiger partial charge in [-0.3, -0.25) is 9.59 Å². The number of benzene rings is 2. The fourth-order valence-corrected chi connectivity index (χ4v) is 3.12. The van der Waals surface area contributed by atoms with Crippen molar-refractivity contribution in [3.8, 4) is 11.5 Å². The van der Waals surface area contributed by atoms with Crippen LogP contribution >= 0.6 is 11.6 Å². The van der Waals surface area contributed by atoms with E-state index in [-0.39, 0.29) is 18.9 Å². The molecule has 0 spiro atoms. The van der Waals surface area contributed by atoms with Gasteiger partial charge < -0.3 is 14.4 Å². The SMILES string of the molecule is O=C(O)[C@H]1CC(=O)N(c2cccc(-c3nc4cc(Cl)ccc4o3)c2)C1. The van der Waals surface area contributed by atoms with Gasteiger partial charge in [0.05, 0.1) is 5.92 Å². The quantitative estimate of drug-likeness (QED) is 0.775. The summed E-state index contributed by atoms with van der Waals surface area (Å²) in [6.45, 7) is 0.167. The maximum absolute atomic E-state index is 12.1. The Labute approximate surface area is 147 Å². The molecule has 0 bridgehead atoms. The van der Waals surface area contributed by atoms with Crippen LogP contribution in [0.4, 0.5) is 5.69 Å². The van der Waals surface area contributed by atoms with Gasteiger partial charge in [0.2, 0.25) is 11.8 Å². The van der Waals surface area contributed by atoms with Gasteiger partial charge in [-0.05, 0) is 36.4 Å². The van der Waals surface area contributed by atoms with E-state index in [0.717, 1.165) is 0 Å². The minimum Gasteiger partial charge on any atom is -0.481 e. The molecule has 25 heavy (non-hydrogen) atoms. The number of halogens is 1. The van der Waals surface area contributed by atoms with Crippen LogP contribution in [0.2, 0.25) is 5.02 Å². The third-order valence-corrected chi connectivity index (χ3v) is 4.46. The predicted octanol–water partition coefficient (Wildman–Crippen LogP) is 3.59. The van der Waals surface area contributed by atoms with E-state index in [1.165, 1.54) is 4.90 Å². The highest BCUT2D eigenvalue weighted by Crippen LogP contribution is 2.31.